The zero-order valence-corrected chi connectivity index (χ0v) is 16.5. The maximum atomic E-state index is 12.5. The molecule has 28 heavy (non-hydrogen) atoms. The van der Waals surface area contributed by atoms with Crippen LogP contribution in [-0.4, -0.2) is 22.6 Å². The number of amides is 1. The summed E-state index contributed by atoms with van der Waals surface area (Å²) in [7, 11) is 0. The topological polar surface area (TPSA) is 53.2 Å². The zero-order chi connectivity index (χ0) is 19.4. The molecule has 5 heteroatoms. The molecule has 3 N–H and O–H groups in total. The Morgan fingerprint density at radius 2 is 1.68 bits per heavy atom. The van der Waals surface area contributed by atoms with E-state index in [9.17, 15) is 4.79 Å². The van der Waals surface area contributed by atoms with Crippen molar-refractivity contribution in [2.75, 3.05) is 5.32 Å². The highest BCUT2D eigenvalue weighted by Gasteiger charge is 2.55. The molecule has 1 atom stereocenters. The van der Waals surface area contributed by atoms with Crippen LogP contribution in [0.5, 0.6) is 0 Å². The van der Waals surface area contributed by atoms with Gasteiger partial charge in [0.25, 0.3) is 0 Å². The summed E-state index contributed by atoms with van der Waals surface area (Å²) in [5.74, 6) is 0.486. The smallest absolute Gasteiger partial charge is 0.244 e. The molecule has 2 aliphatic rings. The summed E-state index contributed by atoms with van der Waals surface area (Å²) in [6.45, 7) is 0. The number of nitrogens with one attached hydrogen (secondary N) is 3. The van der Waals surface area contributed by atoms with Crippen molar-refractivity contribution < 1.29 is 4.79 Å². The van der Waals surface area contributed by atoms with Gasteiger partial charge in [0.2, 0.25) is 5.91 Å². The fourth-order valence-corrected chi connectivity index (χ4v) is 3.95. The number of rotatable bonds is 7. The van der Waals surface area contributed by atoms with E-state index in [4.69, 9.17) is 12.2 Å². The van der Waals surface area contributed by atoms with Crippen molar-refractivity contribution in [1.82, 2.24) is 10.6 Å². The van der Waals surface area contributed by atoms with Crippen molar-refractivity contribution in [3.63, 3.8) is 0 Å². The number of hydrogen-bond acceptors (Lipinski definition) is 2. The molecule has 2 saturated carbocycles. The van der Waals surface area contributed by atoms with Gasteiger partial charge in [0.05, 0.1) is 11.6 Å². The lowest BCUT2D eigenvalue weighted by Gasteiger charge is -2.30. The third-order valence-corrected chi connectivity index (χ3v) is 5.60. The molecule has 0 aromatic heterocycles. The van der Waals surface area contributed by atoms with Crippen LogP contribution in [0, 0.1) is 5.92 Å². The van der Waals surface area contributed by atoms with Crippen LogP contribution in [-0.2, 0) is 4.79 Å². The Hall–Kier alpha value is -2.66. The van der Waals surface area contributed by atoms with Crippen LogP contribution in [0.2, 0.25) is 0 Å². The van der Waals surface area contributed by atoms with Gasteiger partial charge in [-0.2, -0.15) is 0 Å². The van der Waals surface area contributed by atoms with Gasteiger partial charge in [-0.15, -0.1) is 0 Å². The van der Waals surface area contributed by atoms with E-state index in [0.29, 0.717) is 11.0 Å². The lowest BCUT2D eigenvalue weighted by Crippen LogP contribution is -2.55. The van der Waals surface area contributed by atoms with Crippen molar-refractivity contribution in [2.45, 2.75) is 37.3 Å². The number of benzene rings is 2. The quantitative estimate of drug-likeness (QED) is 0.491. The first-order valence-corrected chi connectivity index (χ1v) is 10.2. The Labute approximate surface area is 171 Å². The second kappa shape index (κ2) is 8.15. The molecule has 2 aliphatic carbocycles. The van der Waals surface area contributed by atoms with Crippen LogP contribution in [0.25, 0.3) is 6.08 Å². The first kappa shape index (κ1) is 18.7. The van der Waals surface area contributed by atoms with Gasteiger partial charge < -0.3 is 16.0 Å². The normalized spacial score (nSPS) is 18.3. The van der Waals surface area contributed by atoms with Crippen molar-refractivity contribution >= 4 is 35.0 Å². The Bertz CT molecular complexity index is 858. The Morgan fingerprint density at radius 3 is 2.29 bits per heavy atom. The van der Waals surface area contributed by atoms with Crippen molar-refractivity contribution in [1.29, 1.82) is 0 Å². The minimum absolute atomic E-state index is 0.0456. The van der Waals surface area contributed by atoms with Crippen molar-refractivity contribution in [3.05, 3.63) is 72.3 Å². The first-order valence-electron chi connectivity index (χ1n) is 9.82. The predicted octanol–water partition coefficient (Wildman–Crippen LogP) is 4.11. The lowest BCUT2D eigenvalue weighted by molar-refractivity contribution is -0.117. The molecular weight excluding hydrogens is 366 g/mol. The molecule has 2 fully saturated rings. The molecule has 144 valence electrons. The molecule has 1 unspecified atom stereocenters. The molecular formula is C23H25N3OS. The van der Waals surface area contributed by atoms with Gasteiger partial charge in [-0.25, -0.2) is 0 Å². The maximum absolute atomic E-state index is 12.5. The Morgan fingerprint density at radius 1 is 1.04 bits per heavy atom. The number of anilines is 1. The average molecular weight is 392 g/mol. The van der Waals surface area contributed by atoms with Crippen molar-refractivity contribution in [2.24, 2.45) is 5.92 Å². The van der Waals surface area contributed by atoms with Gasteiger partial charge >= 0.3 is 0 Å². The highest BCUT2D eigenvalue weighted by Crippen LogP contribution is 2.48. The molecule has 2 aromatic rings. The van der Waals surface area contributed by atoms with Crippen LogP contribution in [0.15, 0.2) is 66.7 Å². The van der Waals surface area contributed by atoms with Crippen LogP contribution in [0.1, 0.15) is 31.2 Å². The molecule has 0 saturated heterocycles. The first-order chi connectivity index (χ1) is 13.6. The molecule has 0 aliphatic heterocycles. The summed E-state index contributed by atoms with van der Waals surface area (Å²) >= 11 is 5.53. The highest BCUT2D eigenvalue weighted by molar-refractivity contribution is 7.80. The van der Waals surface area contributed by atoms with Gasteiger partial charge in [-0.1, -0.05) is 48.5 Å². The predicted molar refractivity (Wildman–Crippen MR) is 118 cm³/mol. The third-order valence-electron chi connectivity index (χ3n) is 5.40. The van der Waals surface area contributed by atoms with E-state index in [1.54, 1.807) is 6.08 Å². The molecule has 0 heterocycles. The average Bonchev–Trinajstić information content (AvgIpc) is 3.62. The van der Waals surface area contributed by atoms with E-state index in [-0.39, 0.29) is 17.5 Å². The third kappa shape index (κ3) is 4.78. The minimum atomic E-state index is -0.129. The minimum Gasteiger partial charge on any atom is -0.355 e. The van der Waals surface area contributed by atoms with Crippen molar-refractivity contribution in [3.8, 4) is 0 Å². The van der Waals surface area contributed by atoms with E-state index in [1.807, 2.05) is 66.7 Å². The zero-order valence-electron chi connectivity index (χ0n) is 15.7. The fourth-order valence-electron chi connectivity index (χ4n) is 3.63. The summed E-state index contributed by atoms with van der Waals surface area (Å²) in [6.07, 6.45) is 7.85. The summed E-state index contributed by atoms with van der Waals surface area (Å²) in [5.41, 5.74) is 1.86. The summed E-state index contributed by atoms with van der Waals surface area (Å²) in [4.78, 5) is 12.5. The van der Waals surface area contributed by atoms with Gasteiger partial charge in [0.1, 0.15) is 0 Å². The van der Waals surface area contributed by atoms with Gasteiger partial charge in [0, 0.05) is 11.8 Å². The lowest BCUT2D eigenvalue weighted by atomic mass is 10.0. The molecule has 0 spiro atoms. The van der Waals surface area contributed by atoms with Gasteiger partial charge in [-0.3, -0.25) is 4.79 Å². The molecule has 4 nitrogen and oxygen atoms in total. The Balaban J connectivity index is 1.38. The van der Waals surface area contributed by atoms with Crippen LogP contribution >= 0.6 is 12.2 Å². The van der Waals surface area contributed by atoms with E-state index in [1.165, 1.54) is 0 Å². The standard InChI is InChI=1S/C23H25N3OS/c27-20(14-11-17-7-3-1-4-8-17)25-21(18-12-13-18)23(15-16-23)26-22(28)24-19-9-5-2-6-10-19/h1-11,14,18,21H,12-13,15-16H2,(H,25,27)(H2,24,26,28)/b14-11+. The van der Waals surface area contributed by atoms with E-state index in [0.717, 1.165) is 36.9 Å². The van der Waals surface area contributed by atoms with Gasteiger partial charge in [-0.05, 0) is 67.6 Å². The largest absolute Gasteiger partial charge is 0.355 e. The number of thiocarbonyl (C=S) groups is 1. The molecule has 0 bridgehead atoms. The highest BCUT2D eigenvalue weighted by atomic mass is 32.1. The summed E-state index contributed by atoms with van der Waals surface area (Å²) < 4.78 is 0. The molecule has 1 amide bonds. The monoisotopic (exact) mass is 391 g/mol. The second-order valence-corrected chi connectivity index (χ2v) is 8.08. The number of hydrogen-bond donors (Lipinski definition) is 3. The van der Waals surface area contributed by atoms with Crippen LogP contribution < -0.4 is 16.0 Å². The van der Waals surface area contributed by atoms with E-state index < -0.39 is 0 Å². The Kier molecular flexibility index (Phi) is 5.44. The summed E-state index contributed by atoms with van der Waals surface area (Å²) in [5, 5.41) is 10.6. The number of para-hydroxylation sites is 1. The summed E-state index contributed by atoms with van der Waals surface area (Å²) in [6, 6.07) is 19.9. The second-order valence-electron chi connectivity index (χ2n) is 7.67. The number of carbonyl (C=O) groups excluding carboxylic acids is 1. The van der Waals surface area contributed by atoms with E-state index >= 15 is 0 Å². The van der Waals surface area contributed by atoms with Crippen LogP contribution in [0.3, 0.4) is 0 Å². The van der Waals surface area contributed by atoms with Gasteiger partial charge in [0.15, 0.2) is 5.11 Å². The molecule has 2 aromatic carbocycles. The SMILES string of the molecule is O=C(/C=C/c1ccccc1)NC(C1CC1)C1(NC(=S)Nc2ccccc2)CC1. The molecule has 0 radical (unpaired) electrons. The maximum Gasteiger partial charge on any atom is 0.244 e. The molecule has 4 rings (SSSR count). The fraction of sp³-hybridized carbons (Fsp3) is 0.304. The number of carbonyl (C=O) groups is 1. The van der Waals surface area contributed by atoms with Crippen LogP contribution in [0.4, 0.5) is 5.69 Å². The van der Waals surface area contributed by atoms with E-state index in [2.05, 4.69) is 16.0 Å².